The first kappa shape index (κ1) is 20.4. The lowest BCUT2D eigenvalue weighted by Crippen LogP contribution is -2.00. The second kappa shape index (κ2) is 7.25. The highest BCUT2D eigenvalue weighted by atomic mass is 15.0. The molecule has 5 heteroatoms. The van der Waals surface area contributed by atoms with Crippen LogP contribution in [-0.2, 0) is 6.54 Å². The molecule has 4 aromatic carbocycles. The predicted octanol–water partition coefficient (Wildman–Crippen LogP) is 6.79. The molecule has 0 spiro atoms. The summed E-state index contributed by atoms with van der Waals surface area (Å²) in [6, 6.07) is 27.8. The van der Waals surface area contributed by atoms with Gasteiger partial charge in [0.2, 0.25) is 0 Å². The summed E-state index contributed by atoms with van der Waals surface area (Å²) in [6.45, 7) is 4.99. The van der Waals surface area contributed by atoms with Gasteiger partial charge in [0.1, 0.15) is 12.1 Å². The smallest absolute Gasteiger partial charge is 0.177 e. The number of hydrogen-bond donors (Lipinski definition) is 0. The molecule has 5 nitrogen and oxygen atoms in total. The van der Waals surface area contributed by atoms with Crippen molar-refractivity contribution in [3.63, 3.8) is 0 Å². The maximum atomic E-state index is 9.48. The molecule has 168 valence electrons. The third-order valence-electron chi connectivity index (χ3n) is 7.25. The molecule has 0 saturated carbocycles. The van der Waals surface area contributed by atoms with E-state index in [1.807, 2.05) is 24.3 Å². The van der Waals surface area contributed by atoms with Gasteiger partial charge in [-0.1, -0.05) is 53.6 Å². The van der Waals surface area contributed by atoms with E-state index in [2.05, 4.69) is 83.0 Å². The molecule has 6 aromatic rings. The van der Waals surface area contributed by atoms with Crippen LogP contribution in [-0.4, -0.2) is 14.5 Å². The highest BCUT2D eigenvalue weighted by Crippen LogP contribution is 2.46. The zero-order chi connectivity index (χ0) is 24.6. The van der Waals surface area contributed by atoms with Crippen LogP contribution in [0.15, 0.2) is 66.7 Å². The second-order valence-corrected chi connectivity index (χ2v) is 9.47. The van der Waals surface area contributed by atoms with Gasteiger partial charge < -0.3 is 4.57 Å². The number of nitriles is 2. The maximum Gasteiger partial charge on any atom is 0.177 e. The van der Waals surface area contributed by atoms with Gasteiger partial charge in [0, 0.05) is 44.9 Å². The highest BCUT2D eigenvalue weighted by molar-refractivity contribution is 6.14. The fourth-order valence-electron chi connectivity index (χ4n) is 5.64. The van der Waals surface area contributed by atoms with Gasteiger partial charge >= 0.3 is 0 Å². The Morgan fingerprint density at radius 3 is 1.86 bits per heavy atom. The average Bonchev–Trinajstić information content (AvgIpc) is 3.37. The molecule has 2 heterocycles. The summed E-state index contributed by atoms with van der Waals surface area (Å²) in [4.78, 5) is 9.07. The summed E-state index contributed by atoms with van der Waals surface area (Å²) >= 11 is 0. The molecule has 7 rings (SSSR count). The Hall–Kier alpha value is -5.00. The van der Waals surface area contributed by atoms with Gasteiger partial charge in [0.25, 0.3) is 0 Å². The Balaban J connectivity index is 1.47. The van der Waals surface area contributed by atoms with Crippen molar-refractivity contribution < 1.29 is 0 Å². The Kier molecular flexibility index (Phi) is 4.10. The van der Waals surface area contributed by atoms with E-state index in [-0.39, 0.29) is 11.4 Å². The van der Waals surface area contributed by atoms with Gasteiger partial charge in [-0.15, -0.1) is 0 Å². The number of aromatic nitrogens is 3. The highest BCUT2D eigenvalue weighted by Gasteiger charge is 2.27. The maximum absolute atomic E-state index is 9.48. The van der Waals surface area contributed by atoms with Gasteiger partial charge in [-0.25, -0.2) is 9.97 Å². The Labute approximate surface area is 207 Å². The average molecular weight is 462 g/mol. The first-order valence-electron chi connectivity index (χ1n) is 11.8. The molecule has 0 aliphatic heterocycles. The molecule has 0 amide bonds. The lowest BCUT2D eigenvalue weighted by molar-refractivity contribution is 0.876. The quantitative estimate of drug-likeness (QED) is 0.284. The first-order valence-corrected chi connectivity index (χ1v) is 11.8. The van der Waals surface area contributed by atoms with Crippen LogP contribution in [0.5, 0.6) is 0 Å². The Bertz CT molecular complexity index is 1910. The minimum atomic E-state index is 0.0668. The predicted molar refractivity (Wildman–Crippen MR) is 141 cm³/mol. The van der Waals surface area contributed by atoms with E-state index < -0.39 is 0 Å². The third-order valence-corrected chi connectivity index (χ3v) is 7.25. The van der Waals surface area contributed by atoms with Crippen molar-refractivity contribution >= 4 is 32.6 Å². The summed E-state index contributed by atoms with van der Waals surface area (Å²) in [5.41, 5.74) is 9.53. The molecule has 1 aliphatic carbocycles. The third kappa shape index (κ3) is 2.69. The van der Waals surface area contributed by atoms with Crippen molar-refractivity contribution in [2.24, 2.45) is 0 Å². The van der Waals surface area contributed by atoms with Crippen LogP contribution < -0.4 is 0 Å². The number of aryl methyl sites for hydroxylation is 2. The molecule has 0 N–H and O–H groups in total. The molecule has 0 fully saturated rings. The monoisotopic (exact) mass is 461 g/mol. The molecule has 1 aliphatic rings. The number of benzene rings is 4. The van der Waals surface area contributed by atoms with Gasteiger partial charge in [-0.2, -0.15) is 10.5 Å². The lowest BCUT2D eigenvalue weighted by Gasteiger charge is -2.12. The van der Waals surface area contributed by atoms with E-state index in [1.54, 1.807) is 0 Å². The van der Waals surface area contributed by atoms with Crippen LogP contribution in [0.25, 0.3) is 55.1 Å². The SMILES string of the molecule is Cc1ccc2c(c1)c1cc(C)ccc1n2Cc1ccc2c3c(cccc13)-c1nc(C#N)c(C#N)nc1-2. The summed E-state index contributed by atoms with van der Waals surface area (Å²) in [6.07, 6.45) is 0. The molecule has 0 bridgehead atoms. The number of rotatable bonds is 2. The fraction of sp³-hybridized carbons (Fsp3) is 0.0968. The topological polar surface area (TPSA) is 78.3 Å². The fourth-order valence-corrected chi connectivity index (χ4v) is 5.64. The lowest BCUT2D eigenvalue weighted by atomic mass is 9.99. The van der Waals surface area contributed by atoms with E-state index in [9.17, 15) is 10.5 Å². The van der Waals surface area contributed by atoms with E-state index in [0.29, 0.717) is 11.4 Å². The molecular formula is C31H19N5. The molecule has 0 saturated heterocycles. The Morgan fingerprint density at radius 1 is 0.694 bits per heavy atom. The van der Waals surface area contributed by atoms with Gasteiger partial charge in [0.15, 0.2) is 11.4 Å². The zero-order valence-corrected chi connectivity index (χ0v) is 19.8. The minimum Gasteiger partial charge on any atom is -0.336 e. The summed E-state index contributed by atoms with van der Waals surface area (Å²) in [5.74, 6) is 0. The number of fused-ring (bicyclic) bond motifs is 6. The van der Waals surface area contributed by atoms with E-state index in [1.165, 1.54) is 38.5 Å². The van der Waals surface area contributed by atoms with Crippen molar-refractivity contribution in [2.75, 3.05) is 0 Å². The minimum absolute atomic E-state index is 0.0668. The van der Waals surface area contributed by atoms with Gasteiger partial charge in [-0.05, 0) is 49.1 Å². The summed E-state index contributed by atoms with van der Waals surface area (Å²) in [7, 11) is 0. The van der Waals surface area contributed by atoms with E-state index in [0.717, 1.165) is 28.4 Å². The van der Waals surface area contributed by atoms with Crippen molar-refractivity contribution in [1.82, 2.24) is 14.5 Å². The van der Waals surface area contributed by atoms with Crippen molar-refractivity contribution in [2.45, 2.75) is 20.4 Å². The van der Waals surface area contributed by atoms with Crippen molar-refractivity contribution in [3.8, 4) is 34.7 Å². The van der Waals surface area contributed by atoms with Crippen molar-refractivity contribution in [1.29, 1.82) is 10.5 Å². The normalized spacial score (nSPS) is 11.7. The van der Waals surface area contributed by atoms with Crippen LogP contribution in [0, 0.1) is 36.5 Å². The van der Waals surface area contributed by atoms with E-state index >= 15 is 0 Å². The van der Waals surface area contributed by atoms with Crippen LogP contribution in [0.3, 0.4) is 0 Å². The standard InChI is InChI=1S/C31H19N5/c1-17-6-10-27-23(12-17)24-13-18(2)7-11-28(24)36(27)16-19-8-9-22-29-20(19)4-3-5-21(29)30-31(22)35-26(15-33)25(14-32)34-30/h3-13H,16H2,1-2H3. The van der Waals surface area contributed by atoms with Gasteiger partial charge in [-0.3, -0.25) is 0 Å². The van der Waals surface area contributed by atoms with E-state index in [4.69, 9.17) is 0 Å². The second-order valence-electron chi connectivity index (χ2n) is 9.47. The summed E-state index contributed by atoms with van der Waals surface area (Å²) < 4.78 is 2.40. The van der Waals surface area contributed by atoms with Crippen LogP contribution in [0.2, 0.25) is 0 Å². The number of nitrogens with zero attached hydrogens (tertiary/aromatic N) is 5. The van der Waals surface area contributed by atoms with Crippen LogP contribution >= 0.6 is 0 Å². The molecule has 0 atom stereocenters. The molecule has 0 radical (unpaired) electrons. The molecule has 0 unspecified atom stereocenters. The number of hydrogen-bond acceptors (Lipinski definition) is 4. The first-order chi connectivity index (χ1) is 17.6. The van der Waals surface area contributed by atoms with Gasteiger partial charge in [0.05, 0.1) is 11.4 Å². The Morgan fingerprint density at radius 2 is 1.28 bits per heavy atom. The van der Waals surface area contributed by atoms with Crippen LogP contribution in [0.4, 0.5) is 0 Å². The molecular weight excluding hydrogens is 442 g/mol. The largest absolute Gasteiger partial charge is 0.336 e. The zero-order valence-electron chi connectivity index (χ0n) is 19.8. The molecule has 2 aromatic heterocycles. The van der Waals surface area contributed by atoms with Crippen molar-refractivity contribution in [3.05, 3.63) is 94.8 Å². The van der Waals surface area contributed by atoms with Crippen LogP contribution in [0.1, 0.15) is 28.1 Å². The molecule has 36 heavy (non-hydrogen) atoms. The summed E-state index contributed by atoms with van der Waals surface area (Å²) in [5, 5.41) is 23.7.